The van der Waals surface area contributed by atoms with Crippen LogP contribution in [0, 0.1) is 6.92 Å². The standard InChI is InChI=1S/C22H22N4O2/c1-12(2)17-9-8-13(3)19-21(17)28-22(25-19)18-11-23-26-20(18)15-6-5-7-16(10-15)24-14(4)27/h5-12H,1-4H3,(H,23,26)(H,24,27). The Morgan fingerprint density at radius 2 is 2.04 bits per heavy atom. The summed E-state index contributed by atoms with van der Waals surface area (Å²) in [5.41, 5.74) is 7.00. The molecule has 4 aromatic rings. The number of fused-ring (bicyclic) bond motifs is 1. The maximum Gasteiger partial charge on any atom is 0.231 e. The quantitative estimate of drug-likeness (QED) is 0.509. The number of carbonyl (C=O) groups is 1. The molecule has 2 N–H and O–H groups in total. The number of rotatable bonds is 4. The van der Waals surface area contributed by atoms with Crippen molar-refractivity contribution >= 4 is 22.7 Å². The molecule has 0 bridgehead atoms. The lowest BCUT2D eigenvalue weighted by Gasteiger charge is -2.06. The van der Waals surface area contributed by atoms with Gasteiger partial charge in [-0.15, -0.1) is 0 Å². The molecule has 6 heteroatoms. The number of hydrogen-bond acceptors (Lipinski definition) is 4. The molecule has 142 valence electrons. The zero-order valence-electron chi connectivity index (χ0n) is 16.3. The lowest BCUT2D eigenvalue weighted by atomic mass is 10.0. The highest BCUT2D eigenvalue weighted by Gasteiger charge is 2.19. The first kappa shape index (κ1) is 18.0. The van der Waals surface area contributed by atoms with Crippen molar-refractivity contribution in [3.63, 3.8) is 0 Å². The average molecular weight is 374 g/mol. The number of aromatic nitrogens is 3. The molecule has 4 rings (SSSR count). The smallest absolute Gasteiger partial charge is 0.231 e. The normalized spacial score (nSPS) is 11.3. The number of hydrogen-bond donors (Lipinski definition) is 2. The molecule has 0 saturated carbocycles. The number of nitrogens with one attached hydrogen (secondary N) is 2. The first-order chi connectivity index (χ1) is 13.4. The maximum atomic E-state index is 11.4. The Labute approximate surface area is 163 Å². The highest BCUT2D eigenvalue weighted by atomic mass is 16.3. The van der Waals surface area contributed by atoms with E-state index in [9.17, 15) is 4.79 Å². The van der Waals surface area contributed by atoms with Gasteiger partial charge in [0.25, 0.3) is 0 Å². The second kappa shape index (κ2) is 6.96. The lowest BCUT2D eigenvalue weighted by molar-refractivity contribution is -0.114. The van der Waals surface area contributed by atoms with E-state index in [4.69, 9.17) is 9.40 Å². The third-order valence-corrected chi connectivity index (χ3v) is 4.72. The number of oxazole rings is 1. The van der Waals surface area contributed by atoms with Crippen LogP contribution in [0.2, 0.25) is 0 Å². The third-order valence-electron chi connectivity index (χ3n) is 4.72. The molecule has 0 aliphatic rings. The topological polar surface area (TPSA) is 83.8 Å². The van der Waals surface area contributed by atoms with Crippen molar-refractivity contribution in [2.75, 3.05) is 5.32 Å². The Morgan fingerprint density at radius 3 is 2.79 bits per heavy atom. The second-order valence-corrected chi connectivity index (χ2v) is 7.23. The van der Waals surface area contributed by atoms with Crippen LogP contribution in [0.5, 0.6) is 0 Å². The van der Waals surface area contributed by atoms with E-state index in [1.807, 2.05) is 31.2 Å². The summed E-state index contributed by atoms with van der Waals surface area (Å²) in [7, 11) is 0. The number of anilines is 1. The summed E-state index contributed by atoms with van der Waals surface area (Å²) >= 11 is 0. The predicted molar refractivity (Wildman–Crippen MR) is 110 cm³/mol. The van der Waals surface area contributed by atoms with Gasteiger partial charge in [0.15, 0.2) is 5.58 Å². The summed E-state index contributed by atoms with van der Waals surface area (Å²) in [5.74, 6) is 0.747. The van der Waals surface area contributed by atoms with Crippen LogP contribution < -0.4 is 5.32 Å². The molecule has 2 aromatic carbocycles. The van der Waals surface area contributed by atoms with E-state index >= 15 is 0 Å². The van der Waals surface area contributed by atoms with E-state index in [0.29, 0.717) is 11.8 Å². The number of H-pyrrole nitrogens is 1. The summed E-state index contributed by atoms with van der Waals surface area (Å²) in [6.07, 6.45) is 1.79. The molecule has 0 aliphatic heterocycles. The first-order valence-electron chi connectivity index (χ1n) is 9.26. The van der Waals surface area contributed by atoms with E-state index in [1.54, 1.807) is 6.20 Å². The lowest BCUT2D eigenvalue weighted by Crippen LogP contribution is -2.05. The van der Waals surface area contributed by atoms with Crippen molar-refractivity contribution in [3.8, 4) is 22.7 Å². The molecule has 1 amide bonds. The molecule has 0 atom stereocenters. The summed E-state index contributed by atoms with van der Waals surface area (Å²) < 4.78 is 6.20. The number of carbonyl (C=O) groups excluding carboxylic acids is 1. The van der Waals surface area contributed by atoms with Gasteiger partial charge < -0.3 is 9.73 Å². The Hall–Kier alpha value is -3.41. The number of nitrogens with zero attached hydrogens (tertiary/aromatic N) is 2. The molecule has 0 fully saturated rings. The third kappa shape index (κ3) is 3.17. The van der Waals surface area contributed by atoms with E-state index < -0.39 is 0 Å². The predicted octanol–water partition coefficient (Wildman–Crippen LogP) is 5.28. The van der Waals surface area contributed by atoms with Gasteiger partial charge in [-0.1, -0.05) is 38.1 Å². The van der Waals surface area contributed by atoms with Crippen LogP contribution in [-0.4, -0.2) is 21.1 Å². The van der Waals surface area contributed by atoms with Crippen LogP contribution in [0.15, 0.2) is 47.0 Å². The van der Waals surface area contributed by atoms with Crippen molar-refractivity contribution in [1.82, 2.24) is 15.2 Å². The largest absolute Gasteiger partial charge is 0.436 e. The van der Waals surface area contributed by atoms with Crippen LogP contribution >= 0.6 is 0 Å². The van der Waals surface area contributed by atoms with Crippen molar-refractivity contribution in [1.29, 1.82) is 0 Å². The monoisotopic (exact) mass is 374 g/mol. The molecule has 2 heterocycles. The molecular formula is C22H22N4O2. The summed E-state index contributed by atoms with van der Waals surface area (Å²) in [6.45, 7) is 7.80. The maximum absolute atomic E-state index is 11.4. The minimum atomic E-state index is -0.116. The fraction of sp³-hybridized carbons (Fsp3) is 0.227. The van der Waals surface area contributed by atoms with Crippen LogP contribution in [0.1, 0.15) is 37.8 Å². The number of benzene rings is 2. The van der Waals surface area contributed by atoms with Crippen molar-refractivity contribution in [2.45, 2.75) is 33.6 Å². The van der Waals surface area contributed by atoms with Crippen molar-refractivity contribution in [3.05, 3.63) is 53.7 Å². The fourth-order valence-electron chi connectivity index (χ4n) is 3.34. The van der Waals surface area contributed by atoms with Crippen LogP contribution in [0.3, 0.4) is 0 Å². The Bertz CT molecular complexity index is 1170. The average Bonchev–Trinajstić information content (AvgIpc) is 3.28. The number of aryl methyl sites for hydroxylation is 1. The van der Waals surface area contributed by atoms with E-state index in [1.165, 1.54) is 6.92 Å². The second-order valence-electron chi connectivity index (χ2n) is 7.23. The molecule has 28 heavy (non-hydrogen) atoms. The van der Waals surface area contributed by atoms with Gasteiger partial charge in [-0.05, 0) is 36.1 Å². The minimum absolute atomic E-state index is 0.116. The van der Waals surface area contributed by atoms with Crippen LogP contribution in [-0.2, 0) is 4.79 Å². The molecule has 6 nitrogen and oxygen atoms in total. The molecule has 0 spiro atoms. The molecule has 0 saturated heterocycles. The highest BCUT2D eigenvalue weighted by Crippen LogP contribution is 2.35. The fourth-order valence-corrected chi connectivity index (χ4v) is 3.34. The van der Waals surface area contributed by atoms with E-state index in [-0.39, 0.29) is 5.91 Å². The van der Waals surface area contributed by atoms with Crippen LogP contribution in [0.4, 0.5) is 5.69 Å². The van der Waals surface area contributed by atoms with Gasteiger partial charge in [0.1, 0.15) is 11.2 Å². The molecular weight excluding hydrogens is 352 g/mol. The number of amides is 1. The first-order valence-corrected chi connectivity index (χ1v) is 9.26. The summed E-state index contributed by atoms with van der Waals surface area (Å²) in [6, 6.07) is 11.7. The van der Waals surface area contributed by atoms with Gasteiger partial charge in [0.2, 0.25) is 11.8 Å². The number of aromatic amines is 1. The molecule has 0 unspecified atom stereocenters. The van der Waals surface area contributed by atoms with Crippen molar-refractivity contribution in [2.24, 2.45) is 0 Å². The zero-order chi connectivity index (χ0) is 19.8. The molecule has 0 aliphatic carbocycles. The minimum Gasteiger partial charge on any atom is -0.436 e. The van der Waals surface area contributed by atoms with Gasteiger partial charge in [-0.3, -0.25) is 9.89 Å². The van der Waals surface area contributed by atoms with Gasteiger partial charge in [0.05, 0.1) is 5.56 Å². The Kier molecular flexibility index (Phi) is 4.47. The van der Waals surface area contributed by atoms with Crippen molar-refractivity contribution < 1.29 is 9.21 Å². The van der Waals surface area contributed by atoms with E-state index in [0.717, 1.165) is 44.7 Å². The highest BCUT2D eigenvalue weighted by molar-refractivity contribution is 5.90. The Morgan fingerprint density at radius 1 is 1.21 bits per heavy atom. The van der Waals surface area contributed by atoms with Crippen LogP contribution in [0.25, 0.3) is 33.8 Å². The van der Waals surface area contributed by atoms with Gasteiger partial charge in [0, 0.05) is 24.4 Å². The van der Waals surface area contributed by atoms with Gasteiger partial charge in [-0.2, -0.15) is 5.10 Å². The van der Waals surface area contributed by atoms with E-state index in [2.05, 4.69) is 41.5 Å². The van der Waals surface area contributed by atoms with Gasteiger partial charge >= 0.3 is 0 Å². The Balaban J connectivity index is 1.83. The van der Waals surface area contributed by atoms with Gasteiger partial charge in [-0.25, -0.2) is 4.98 Å². The summed E-state index contributed by atoms with van der Waals surface area (Å²) in [4.78, 5) is 16.1. The molecule has 0 radical (unpaired) electrons. The zero-order valence-corrected chi connectivity index (χ0v) is 16.3. The SMILES string of the molecule is CC(=O)Nc1cccc(-c2n[nH]cc2-c2nc3c(C)ccc(C(C)C)c3o2)c1. The summed E-state index contributed by atoms with van der Waals surface area (Å²) in [5, 5.41) is 10.1. The molecule has 2 aromatic heterocycles.